The van der Waals surface area contributed by atoms with Crippen LogP contribution in [0, 0.1) is 11.6 Å². The molecule has 0 saturated heterocycles. The topological polar surface area (TPSA) is 75.6 Å². The Hall–Kier alpha value is -2.02. The molecule has 0 aliphatic heterocycles. The van der Waals surface area contributed by atoms with E-state index < -0.39 is 35.0 Å². The summed E-state index contributed by atoms with van der Waals surface area (Å²) in [6.07, 6.45) is 1.19. The number of ether oxygens (including phenoxy) is 1. The van der Waals surface area contributed by atoms with E-state index in [1.165, 1.54) is 13.2 Å². The summed E-state index contributed by atoms with van der Waals surface area (Å²) < 4.78 is 32.8. The van der Waals surface area contributed by atoms with E-state index in [1.54, 1.807) is 0 Å². The summed E-state index contributed by atoms with van der Waals surface area (Å²) >= 11 is 0. The molecule has 2 N–H and O–H groups in total. The number of halogens is 2. The lowest BCUT2D eigenvalue weighted by molar-refractivity contribution is -0.145. The van der Waals surface area contributed by atoms with Crippen LogP contribution in [-0.4, -0.2) is 36.7 Å². The molecule has 0 aromatic heterocycles. The fraction of sp³-hybridized carbons (Fsp3) is 0.467. The number of benzene rings is 1. The largest absolute Gasteiger partial charge is 0.480 e. The number of carbonyl (C=O) groups is 2. The number of carboxylic acids is 1. The summed E-state index contributed by atoms with van der Waals surface area (Å²) in [4.78, 5) is 23.6. The van der Waals surface area contributed by atoms with Crippen LogP contribution in [0.15, 0.2) is 18.2 Å². The van der Waals surface area contributed by atoms with Crippen LogP contribution < -0.4 is 5.32 Å². The fourth-order valence-corrected chi connectivity index (χ4v) is 2.71. The minimum absolute atomic E-state index is 0.225. The van der Waals surface area contributed by atoms with Gasteiger partial charge in [-0.3, -0.25) is 4.79 Å². The minimum Gasteiger partial charge on any atom is -0.480 e. The fourth-order valence-electron chi connectivity index (χ4n) is 2.71. The molecule has 7 heteroatoms. The highest BCUT2D eigenvalue weighted by Crippen LogP contribution is 2.46. The van der Waals surface area contributed by atoms with E-state index in [0.29, 0.717) is 6.42 Å². The van der Waals surface area contributed by atoms with Gasteiger partial charge in [-0.15, -0.1) is 0 Å². The third-order valence-corrected chi connectivity index (χ3v) is 4.02. The number of carboxylic acid groups (broad SMARTS) is 1. The van der Waals surface area contributed by atoms with Crippen molar-refractivity contribution in [2.75, 3.05) is 13.7 Å². The summed E-state index contributed by atoms with van der Waals surface area (Å²) in [6.45, 7) is -0.225. The van der Waals surface area contributed by atoms with Crippen molar-refractivity contribution in [2.24, 2.45) is 0 Å². The smallest absolute Gasteiger partial charge is 0.328 e. The molecule has 0 heterocycles. The predicted octanol–water partition coefficient (Wildman–Crippen LogP) is 1.60. The third kappa shape index (κ3) is 2.81. The van der Waals surface area contributed by atoms with Crippen LogP contribution in [0.5, 0.6) is 0 Å². The average Bonchev–Trinajstić information content (AvgIpc) is 2.40. The van der Waals surface area contributed by atoms with Crippen LogP contribution in [0.2, 0.25) is 0 Å². The van der Waals surface area contributed by atoms with Gasteiger partial charge in [-0.25, -0.2) is 13.6 Å². The Morgan fingerprint density at radius 1 is 1.36 bits per heavy atom. The summed E-state index contributed by atoms with van der Waals surface area (Å²) in [7, 11) is 1.30. The molecule has 0 spiro atoms. The Balaban J connectivity index is 2.30. The van der Waals surface area contributed by atoms with Crippen molar-refractivity contribution in [3.8, 4) is 0 Å². The Labute approximate surface area is 126 Å². The first kappa shape index (κ1) is 16.4. The van der Waals surface area contributed by atoms with Gasteiger partial charge in [0.1, 0.15) is 11.6 Å². The molecule has 1 aliphatic rings. The Morgan fingerprint density at radius 3 is 2.36 bits per heavy atom. The highest BCUT2D eigenvalue weighted by molar-refractivity contribution is 5.92. The Bertz CT molecular complexity index is 567. The van der Waals surface area contributed by atoms with Gasteiger partial charge in [0.15, 0.2) is 6.04 Å². The number of methoxy groups -OCH3 is 1. The first-order valence-electron chi connectivity index (χ1n) is 6.89. The predicted molar refractivity (Wildman–Crippen MR) is 73.3 cm³/mol. The number of carbonyl (C=O) groups excluding carboxylic acids is 1. The van der Waals surface area contributed by atoms with E-state index in [0.717, 1.165) is 12.1 Å². The maximum absolute atomic E-state index is 14.0. The van der Waals surface area contributed by atoms with Crippen molar-refractivity contribution in [3.63, 3.8) is 0 Å². The first-order valence-corrected chi connectivity index (χ1v) is 6.89. The second-order valence-corrected chi connectivity index (χ2v) is 5.35. The minimum atomic E-state index is -1.35. The van der Waals surface area contributed by atoms with Crippen LogP contribution in [0.4, 0.5) is 8.78 Å². The number of amides is 1. The normalized spacial score (nSPS) is 17.4. The van der Waals surface area contributed by atoms with Crippen molar-refractivity contribution < 1.29 is 28.2 Å². The van der Waals surface area contributed by atoms with Gasteiger partial charge in [0.2, 0.25) is 5.91 Å². The molecule has 1 aliphatic carbocycles. The summed E-state index contributed by atoms with van der Waals surface area (Å²) in [6, 6.07) is 2.15. The third-order valence-electron chi connectivity index (χ3n) is 4.02. The zero-order valence-corrected chi connectivity index (χ0v) is 12.1. The highest BCUT2D eigenvalue weighted by atomic mass is 19.1. The molecule has 1 fully saturated rings. The molecular formula is C15H17F2NO4. The van der Waals surface area contributed by atoms with E-state index in [-0.39, 0.29) is 25.0 Å². The van der Waals surface area contributed by atoms with E-state index in [2.05, 4.69) is 5.32 Å². The summed E-state index contributed by atoms with van der Waals surface area (Å²) in [5.74, 6) is -3.55. The Morgan fingerprint density at radius 2 is 1.95 bits per heavy atom. The maximum atomic E-state index is 14.0. The molecule has 1 unspecified atom stereocenters. The average molecular weight is 313 g/mol. The quantitative estimate of drug-likeness (QED) is 0.836. The van der Waals surface area contributed by atoms with Gasteiger partial charge in [-0.2, -0.15) is 0 Å². The Kier molecular flexibility index (Phi) is 4.75. The van der Waals surface area contributed by atoms with Crippen molar-refractivity contribution in [2.45, 2.75) is 30.7 Å². The van der Waals surface area contributed by atoms with Gasteiger partial charge in [-0.05, 0) is 25.0 Å². The van der Waals surface area contributed by atoms with E-state index >= 15 is 0 Å². The van der Waals surface area contributed by atoms with E-state index in [1.807, 2.05) is 0 Å². The van der Waals surface area contributed by atoms with E-state index in [9.17, 15) is 18.4 Å². The summed E-state index contributed by atoms with van der Waals surface area (Å²) in [5.41, 5.74) is -1.64. The molecule has 1 atom stereocenters. The van der Waals surface area contributed by atoms with Crippen LogP contribution >= 0.6 is 0 Å². The molecule has 1 saturated carbocycles. The number of hydrogen-bond acceptors (Lipinski definition) is 3. The SMILES string of the molecule is COCC(NC(=O)C1(c2c(F)cccc2F)CCC1)C(=O)O. The van der Waals surface area contributed by atoms with E-state index in [4.69, 9.17) is 9.84 Å². The molecular weight excluding hydrogens is 296 g/mol. The number of hydrogen-bond donors (Lipinski definition) is 2. The molecule has 22 heavy (non-hydrogen) atoms. The zero-order chi connectivity index (χ0) is 16.3. The monoisotopic (exact) mass is 313 g/mol. The van der Waals surface area contributed by atoms with Gasteiger partial charge < -0.3 is 15.2 Å². The van der Waals surface area contributed by atoms with Gasteiger partial charge in [0.05, 0.1) is 12.0 Å². The van der Waals surface area contributed by atoms with Crippen LogP contribution in [0.3, 0.4) is 0 Å². The first-order chi connectivity index (χ1) is 10.4. The van der Waals surface area contributed by atoms with Crippen LogP contribution in [0.25, 0.3) is 0 Å². The van der Waals surface area contributed by atoms with Gasteiger partial charge in [-0.1, -0.05) is 12.5 Å². The van der Waals surface area contributed by atoms with Crippen molar-refractivity contribution in [3.05, 3.63) is 35.4 Å². The highest BCUT2D eigenvalue weighted by Gasteiger charge is 2.49. The molecule has 1 aromatic carbocycles. The molecule has 0 bridgehead atoms. The maximum Gasteiger partial charge on any atom is 0.328 e. The zero-order valence-electron chi connectivity index (χ0n) is 12.1. The molecule has 120 valence electrons. The van der Waals surface area contributed by atoms with Crippen LogP contribution in [0.1, 0.15) is 24.8 Å². The molecule has 0 radical (unpaired) electrons. The molecule has 1 amide bonds. The van der Waals surface area contributed by atoms with Gasteiger partial charge in [0.25, 0.3) is 0 Å². The van der Waals surface area contributed by atoms with Crippen LogP contribution in [-0.2, 0) is 19.7 Å². The second kappa shape index (κ2) is 6.39. The summed E-state index contributed by atoms with van der Waals surface area (Å²) in [5, 5.41) is 11.4. The lowest BCUT2D eigenvalue weighted by atomic mass is 9.63. The number of nitrogens with one attached hydrogen (secondary N) is 1. The van der Waals surface area contributed by atoms with Crippen molar-refractivity contribution in [1.82, 2.24) is 5.32 Å². The molecule has 2 rings (SSSR count). The van der Waals surface area contributed by atoms with Crippen molar-refractivity contribution >= 4 is 11.9 Å². The lowest BCUT2D eigenvalue weighted by Crippen LogP contribution is -2.55. The molecule has 5 nitrogen and oxygen atoms in total. The molecule has 1 aromatic rings. The number of aliphatic carboxylic acids is 1. The van der Waals surface area contributed by atoms with Gasteiger partial charge in [0, 0.05) is 12.7 Å². The second-order valence-electron chi connectivity index (χ2n) is 5.35. The number of rotatable bonds is 6. The standard InChI is InChI=1S/C15H17F2NO4/c1-22-8-11(13(19)20)18-14(21)15(6-3-7-15)12-9(16)4-2-5-10(12)17/h2,4-5,11H,3,6-8H2,1H3,(H,18,21)(H,19,20). The lowest BCUT2D eigenvalue weighted by Gasteiger charge is -2.41. The van der Waals surface area contributed by atoms with Gasteiger partial charge >= 0.3 is 5.97 Å². The van der Waals surface area contributed by atoms with Crippen molar-refractivity contribution in [1.29, 1.82) is 0 Å².